The van der Waals surface area contributed by atoms with E-state index in [0.717, 1.165) is 56.6 Å². The van der Waals surface area contributed by atoms with E-state index < -0.39 is 5.60 Å². The van der Waals surface area contributed by atoms with Gasteiger partial charge in [-0.15, -0.1) is 0 Å². The van der Waals surface area contributed by atoms with Gasteiger partial charge in [0.2, 0.25) is 0 Å². The average Bonchev–Trinajstić information content (AvgIpc) is 3.39. The van der Waals surface area contributed by atoms with E-state index in [4.69, 9.17) is 4.74 Å². The average molecular weight is 332 g/mol. The number of aliphatic hydroxyl groups is 1. The number of ether oxygens (including phenoxy) is 1. The van der Waals surface area contributed by atoms with Gasteiger partial charge in [0.25, 0.3) is 0 Å². The summed E-state index contributed by atoms with van der Waals surface area (Å²) in [6, 6.07) is 2.10. The Labute approximate surface area is 143 Å². The molecule has 0 spiro atoms. The van der Waals surface area contributed by atoms with Gasteiger partial charge in [-0.25, -0.2) is 9.97 Å². The molecule has 2 atom stereocenters. The van der Waals surface area contributed by atoms with Crippen LogP contribution in [0.4, 0.5) is 11.6 Å². The topological polar surface area (TPSA) is 61.7 Å². The van der Waals surface area contributed by atoms with Gasteiger partial charge in [0.15, 0.2) is 0 Å². The first-order chi connectivity index (χ1) is 11.5. The Bertz CT molecular complexity index is 580. The molecule has 1 aromatic heterocycles. The van der Waals surface area contributed by atoms with E-state index in [1.54, 1.807) is 6.33 Å². The Morgan fingerprint density at radius 1 is 1.12 bits per heavy atom. The first-order valence-electron chi connectivity index (χ1n) is 9.20. The third-order valence-corrected chi connectivity index (χ3v) is 5.56. The molecule has 6 nitrogen and oxygen atoms in total. The Morgan fingerprint density at radius 2 is 1.79 bits per heavy atom. The van der Waals surface area contributed by atoms with E-state index >= 15 is 0 Å². The second-order valence-electron chi connectivity index (χ2n) is 7.95. The molecule has 6 heteroatoms. The van der Waals surface area contributed by atoms with Crippen LogP contribution >= 0.6 is 0 Å². The number of piperidine rings is 1. The van der Waals surface area contributed by atoms with Crippen LogP contribution in [0, 0.1) is 5.92 Å². The summed E-state index contributed by atoms with van der Waals surface area (Å²) in [5, 5.41) is 10.1. The maximum Gasteiger partial charge on any atom is 0.134 e. The van der Waals surface area contributed by atoms with Crippen LogP contribution in [0.15, 0.2) is 12.4 Å². The summed E-state index contributed by atoms with van der Waals surface area (Å²) in [4.78, 5) is 13.6. The molecule has 0 radical (unpaired) electrons. The lowest BCUT2D eigenvalue weighted by Gasteiger charge is -2.39. The Balaban J connectivity index is 1.48. The lowest BCUT2D eigenvalue weighted by atomic mass is 9.94. The predicted molar refractivity (Wildman–Crippen MR) is 93.4 cm³/mol. The zero-order chi connectivity index (χ0) is 16.7. The highest BCUT2D eigenvalue weighted by molar-refractivity contribution is 5.51. The first kappa shape index (κ1) is 16.1. The summed E-state index contributed by atoms with van der Waals surface area (Å²) in [6.07, 6.45) is 6.42. The normalized spacial score (nSPS) is 30.5. The van der Waals surface area contributed by atoms with Crippen molar-refractivity contribution >= 4 is 11.6 Å². The lowest BCUT2D eigenvalue weighted by Crippen LogP contribution is -2.48. The Kier molecular flexibility index (Phi) is 4.12. The first-order valence-corrected chi connectivity index (χ1v) is 9.20. The van der Waals surface area contributed by atoms with Crippen molar-refractivity contribution in [2.45, 2.75) is 57.3 Å². The molecule has 0 amide bonds. The number of hydrogen-bond acceptors (Lipinski definition) is 6. The van der Waals surface area contributed by atoms with E-state index in [2.05, 4.69) is 32.8 Å². The van der Waals surface area contributed by atoms with Crippen LogP contribution < -0.4 is 9.80 Å². The molecule has 1 aromatic rings. The van der Waals surface area contributed by atoms with E-state index in [0.29, 0.717) is 6.10 Å². The minimum absolute atomic E-state index is 0.243. The summed E-state index contributed by atoms with van der Waals surface area (Å²) in [5.41, 5.74) is -0.538. The molecule has 4 rings (SSSR count). The molecule has 3 fully saturated rings. The number of anilines is 2. The highest BCUT2D eigenvalue weighted by Crippen LogP contribution is 2.37. The summed E-state index contributed by atoms with van der Waals surface area (Å²) >= 11 is 0. The predicted octanol–water partition coefficient (Wildman–Crippen LogP) is 1.83. The molecule has 24 heavy (non-hydrogen) atoms. The third kappa shape index (κ3) is 3.49. The van der Waals surface area contributed by atoms with Crippen molar-refractivity contribution in [2.24, 2.45) is 5.92 Å². The molecule has 1 aliphatic carbocycles. The van der Waals surface area contributed by atoms with Crippen LogP contribution in [0.5, 0.6) is 0 Å². The quantitative estimate of drug-likeness (QED) is 0.911. The fourth-order valence-electron chi connectivity index (χ4n) is 3.80. The molecule has 0 aromatic carbocycles. The maximum atomic E-state index is 10.1. The number of nitrogens with zero attached hydrogens (tertiary/aromatic N) is 4. The van der Waals surface area contributed by atoms with E-state index in [1.165, 1.54) is 12.8 Å². The second kappa shape index (κ2) is 6.15. The maximum absolute atomic E-state index is 10.1. The van der Waals surface area contributed by atoms with Gasteiger partial charge < -0.3 is 19.6 Å². The molecule has 0 bridgehead atoms. The summed E-state index contributed by atoms with van der Waals surface area (Å²) < 4.78 is 6.11. The van der Waals surface area contributed by atoms with Crippen molar-refractivity contribution in [3.8, 4) is 0 Å². The van der Waals surface area contributed by atoms with Gasteiger partial charge in [-0.2, -0.15) is 0 Å². The van der Waals surface area contributed by atoms with E-state index in [1.807, 2.05) is 6.92 Å². The van der Waals surface area contributed by atoms with Gasteiger partial charge in [0.1, 0.15) is 18.0 Å². The minimum atomic E-state index is -0.538. The molecule has 2 aliphatic heterocycles. The standard InChI is InChI=1S/C18H28N4O2/c1-13-10-22(11-15(24-13)14-3-4-14)17-9-16(19-12-20-17)21-7-5-18(2,23)6-8-21/h9,12-15,23H,3-8,10-11H2,1-2H3/t13-,15+/m0/s1. The van der Waals surface area contributed by atoms with Crippen LogP contribution in [0.2, 0.25) is 0 Å². The molecule has 1 N–H and O–H groups in total. The van der Waals surface area contributed by atoms with Crippen LogP contribution in [0.1, 0.15) is 39.5 Å². The van der Waals surface area contributed by atoms with Crippen molar-refractivity contribution in [1.82, 2.24) is 9.97 Å². The van der Waals surface area contributed by atoms with Gasteiger partial charge in [0.05, 0.1) is 17.8 Å². The number of aromatic nitrogens is 2. The van der Waals surface area contributed by atoms with Crippen LogP contribution in [-0.2, 0) is 4.74 Å². The van der Waals surface area contributed by atoms with Gasteiger partial charge in [-0.05, 0) is 45.4 Å². The Hall–Kier alpha value is -1.40. The molecule has 132 valence electrons. The molecular formula is C18H28N4O2. The van der Waals surface area contributed by atoms with Crippen molar-refractivity contribution in [3.05, 3.63) is 12.4 Å². The van der Waals surface area contributed by atoms with Gasteiger partial charge in [-0.3, -0.25) is 0 Å². The fourth-order valence-corrected chi connectivity index (χ4v) is 3.80. The highest BCUT2D eigenvalue weighted by Gasteiger charge is 2.37. The molecule has 2 saturated heterocycles. The summed E-state index contributed by atoms with van der Waals surface area (Å²) in [6.45, 7) is 7.56. The lowest BCUT2D eigenvalue weighted by molar-refractivity contribution is -0.0273. The second-order valence-corrected chi connectivity index (χ2v) is 7.95. The SMILES string of the molecule is C[C@H]1CN(c2cc(N3CCC(C)(O)CC3)ncn2)C[C@H](C2CC2)O1. The molecule has 3 aliphatic rings. The number of morpholine rings is 1. The van der Waals surface area contributed by atoms with Crippen molar-refractivity contribution in [2.75, 3.05) is 36.0 Å². The third-order valence-electron chi connectivity index (χ3n) is 5.56. The Morgan fingerprint density at radius 3 is 2.46 bits per heavy atom. The molecule has 3 heterocycles. The molecule has 0 unspecified atom stereocenters. The van der Waals surface area contributed by atoms with Crippen LogP contribution in [-0.4, -0.2) is 59.1 Å². The molecule has 1 saturated carbocycles. The molecular weight excluding hydrogens is 304 g/mol. The summed E-state index contributed by atoms with van der Waals surface area (Å²) in [5.74, 6) is 2.71. The van der Waals surface area contributed by atoms with Crippen molar-refractivity contribution in [1.29, 1.82) is 0 Å². The smallest absolute Gasteiger partial charge is 0.134 e. The number of rotatable bonds is 3. The number of hydrogen-bond donors (Lipinski definition) is 1. The van der Waals surface area contributed by atoms with Crippen LogP contribution in [0.3, 0.4) is 0 Å². The van der Waals surface area contributed by atoms with Gasteiger partial charge in [-0.1, -0.05) is 0 Å². The van der Waals surface area contributed by atoms with Gasteiger partial charge >= 0.3 is 0 Å². The largest absolute Gasteiger partial charge is 0.390 e. The van der Waals surface area contributed by atoms with E-state index in [9.17, 15) is 5.11 Å². The van der Waals surface area contributed by atoms with E-state index in [-0.39, 0.29) is 6.10 Å². The fraction of sp³-hybridized carbons (Fsp3) is 0.778. The zero-order valence-corrected chi connectivity index (χ0v) is 14.7. The monoisotopic (exact) mass is 332 g/mol. The minimum Gasteiger partial charge on any atom is -0.390 e. The van der Waals surface area contributed by atoms with Crippen LogP contribution in [0.25, 0.3) is 0 Å². The van der Waals surface area contributed by atoms with Crippen molar-refractivity contribution in [3.63, 3.8) is 0 Å². The highest BCUT2D eigenvalue weighted by atomic mass is 16.5. The van der Waals surface area contributed by atoms with Crippen molar-refractivity contribution < 1.29 is 9.84 Å². The summed E-state index contributed by atoms with van der Waals surface area (Å²) in [7, 11) is 0. The zero-order valence-electron chi connectivity index (χ0n) is 14.7. The van der Waals surface area contributed by atoms with Gasteiger partial charge in [0, 0.05) is 32.2 Å².